The van der Waals surface area contributed by atoms with Gasteiger partial charge in [-0.15, -0.1) is 0 Å². The largest absolute Gasteiger partial charge is 0.511 e. The maximum atomic E-state index is 13.3. The molecule has 178 valence electrons. The molecule has 1 atom stereocenters. The second-order valence-corrected chi connectivity index (χ2v) is 7.17. The lowest BCUT2D eigenvalue weighted by Crippen LogP contribution is -2.30. The van der Waals surface area contributed by atoms with E-state index in [1.165, 1.54) is 11.6 Å². The number of carbonyl (C=O) groups excluding carboxylic acids is 2. The SMILES string of the molecule is CCOC(=O)OC(C)OC(=O)c1c(-c2ccccc2)nn(CC)c(=O)c1Nc1cnccc1C. The molecular formula is C24H26N4O6. The number of carbonyl (C=O) groups is 2. The normalized spacial score (nSPS) is 11.4. The van der Waals surface area contributed by atoms with Crippen molar-refractivity contribution < 1.29 is 23.8 Å². The molecule has 1 N–H and O–H groups in total. The van der Waals surface area contributed by atoms with Crippen molar-refractivity contribution in [3.63, 3.8) is 0 Å². The highest BCUT2D eigenvalue weighted by Crippen LogP contribution is 2.29. The first-order chi connectivity index (χ1) is 16.3. The highest BCUT2D eigenvalue weighted by Gasteiger charge is 2.28. The van der Waals surface area contributed by atoms with E-state index < -0.39 is 24.0 Å². The minimum atomic E-state index is -1.27. The summed E-state index contributed by atoms with van der Waals surface area (Å²) in [4.78, 5) is 42.3. The maximum Gasteiger partial charge on any atom is 0.511 e. The minimum Gasteiger partial charge on any atom is -0.435 e. The number of nitrogens with one attached hydrogen (secondary N) is 1. The summed E-state index contributed by atoms with van der Waals surface area (Å²) in [5.74, 6) is -0.896. The van der Waals surface area contributed by atoms with Crippen LogP contribution in [-0.4, -0.2) is 39.8 Å². The Balaban J connectivity index is 2.15. The van der Waals surface area contributed by atoms with Crippen LogP contribution in [0.4, 0.5) is 16.2 Å². The van der Waals surface area contributed by atoms with E-state index >= 15 is 0 Å². The van der Waals surface area contributed by atoms with E-state index in [9.17, 15) is 14.4 Å². The van der Waals surface area contributed by atoms with Gasteiger partial charge in [-0.05, 0) is 32.4 Å². The number of ether oxygens (including phenoxy) is 3. The molecule has 34 heavy (non-hydrogen) atoms. The molecule has 0 radical (unpaired) electrons. The van der Waals surface area contributed by atoms with Gasteiger partial charge in [0.25, 0.3) is 5.56 Å². The summed E-state index contributed by atoms with van der Waals surface area (Å²) in [6, 6.07) is 10.7. The molecule has 2 aromatic heterocycles. The summed E-state index contributed by atoms with van der Waals surface area (Å²) in [7, 11) is 0. The average molecular weight is 466 g/mol. The van der Waals surface area contributed by atoms with Crippen LogP contribution in [0.1, 0.15) is 36.7 Å². The van der Waals surface area contributed by atoms with Gasteiger partial charge in [0.15, 0.2) is 0 Å². The molecule has 3 rings (SSSR count). The van der Waals surface area contributed by atoms with E-state index in [4.69, 9.17) is 14.2 Å². The Morgan fingerprint density at radius 1 is 1.12 bits per heavy atom. The van der Waals surface area contributed by atoms with Crippen molar-refractivity contribution in [3.8, 4) is 11.3 Å². The number of anilines is 2. The molecule has 2 heterocycles. The summed E-state index contributed by atoms with van der Waals surface area (Å²) in [5.41, 5.74) is 1.55. The van der Waals surface area contributed by atoms with Crippen LogP contribution >= 0.6 is 0 Å². The molecule has 0 saturated carbocycles. The summed E-state index contributed by atoms with van der Waals surface area (Å²) in [6.07, 6.45) is 0.928. The molecular weight excluding hydrogens is 440 g/mol. The van der Waals surface area contributed by atoms with Crippen LogP contribution in [0.2, 0.25) is 0 Å². The van der Waals surface area contributed by atoms with Crippen LogP contribution in [0.3, 0.4) is 0 Å². The first-order valence-electron chi connectivity index (χ1n) is 10.8. The maximum absolute atomic E-state index is 13.3. The summed E-state index contributed by atoms with van der Waals surface area (Å²) < 4.78 is 16.3. The molecule has 10 heteroatoms. The molecule has 0 aliphatic rings. The lowest BCUT2D eigenvalue weighted by Gasteiger charge is -2.19. The lowest BCUT2D eigenvalue weighted by atomic mass is 10.0. The molecule has 10 nitrogen and oxygen atoms in total. The van der Waals surface area contributed by atoms with E-state index in [0.29, 0.717) is 11.3 Å². The first kappa shape index (κ1) is 24.4. The zero-order valence-electron chi connectivity index (χ0n) is 19.4. The van der Waals surface area contributed by atoms with Crippen molar-refractivity contribution in [2.75, 3.05) is 11.9 Å². The predicted molar refractivity (Wildman–Crippen MR) is 125 cm³/mol. The van der Waals surface area contributed by atoms with Crippen LogP contribution < -0.4 is 10.9 Å². The van der Waals surface area contributed by atoms with Gasteiger partial charge in [-0.3, -0.25) is 9.78 Å². The summed E-state index contributed by atoms with van der Waals surface area (Å²) in [6.45, 7) is 6.99. The molecule has 0 fully saturated rings. The molecule has 0 saturated heterocycles. The second kappa shape index (κ2) is 11.1. The fourth-order valence-corrected chi connectivity index (χ4v) is 3.15. The average Bonchev–Trinajstić information content (AvgIpc) is 2.82. The van der Waals surface area contributed by atoms with Gasteiger partial charge in [-0.2, -0.15) is 5.10 Å². The van der Waals surface area contributed by atoms with E-state index in [0.717, 1.165) is 5.56 Å². The quantitative estimate of drug-likeness (QED) is 0.387. The van der Waals surface area contributed by atoms with E-state index in [2.05, 4.69) is 15.4 Å². The van der Waals surface area contributed by atoms with E-state index in [1.807, 2.05) is 13.0 Å². The Bertz CT molecular complexity index is 1230. The Labute approximate surface area is 196 Å². The number of nitrogens with zero attached hydrogens (tertiary/aromatic N) is 3. The standard InChI is InChI=1S/C24H26N4O6/c1-5-28-22(29)21(26-18-14-25-13-12-15(18)3)19(20(27-28)17-10-8-7-9-11-17)23(30)33-16(4)34-24(31)32-6-2/h7-14,16,26H,5-6H2,1-4H3. The molecule has 1 unspecified atom stereocenters. The summed E-state index contributed by atoms with van der Waals surface area (Å²) in [5, 5.41) is 7.46. The number of hydrogen-bond donors (Lipinski definition) is 1. The first-order valence-corrected chi connectivity index (χ1v) is 10.8. The molecule has 0 bridgehead atoms. The third-order valence-electron chi connectivity index (χ3n) is 4.80. The van der Waals surface area contributed by atoms with Gasteiger partial charge < -0.3 is 19.5 Å². The second-order valence-electron chi connectivity index (χ2n) is 7.17. The molecule has 1 aromatic carbocycles. The molecule has 0 aliphatic heterocycles. The van der Waals surface area contributed by atoms with Crippen LogP contribution in [-0.2, 0) is 20.8 Å². The number of aryl methyl sites for hydroxylation is 2. The summed E-state index contributed by atoms with van der Waals surface area (Å²) >= 11 is 0. The van der Waals surface area contributed by atoms with Crippen molar-refractivity contribution in [1.82, 2.24) is 14.8 Å². The van der Waals surface area contributed by atoms with Crippen molar-refractivity contribution in [1.29, 1.82) is 0 Å². The van der Waals surface area contributed by atoms with Gasteiger partial charge >= 0.3 is 12.1 Å². The minimum absolute atomic E-state index is 0.0277. The smallest absolute Gasteiger partial charge is 0.435 e. The van der Waals surface area contributed by atoms with Gasteiger partial charge in [-0.25, -0.2) is 14.3 Å². The van der Waals surface area contributed by atoms with Crippen LogP contribution in [0, 0.1) is 6.92 Å². The van der Waals surface area contributed by atoms with Gasteiger partial charge in [0.05, 0.1) is 18.5 Å². The van der Waals surface area contributed by atoms with E-state index in [-0.39, 0.29) is 30.1 Å². The van der Waals surface area contributed by atoms with Crippen LogP contribution in [0.25, 0.3) is 11.3 Å². The Morgan fingerprint density at radius 3 is 2.50 bits per heavy atom. The molecule has 0 aliphatic carbocycles. The van der Waals surface area contributed by atoms with Crippen molar-refractivity contribution >= 4 is 23.5 Å². The lowest BCUT2D eigenvalue weighted by molar-refractivity contribution is -0.0810. The Kier molecular flexibility index (Phi) is 7.96. The van der Waals surface area contributed by atoms with Gasteiger partial charge in [0.1, 0.15) is 16.9 Å². The predicted octanol–water partition coefficient (Wildman–Crippen LogP) is 4.05. The van der Waals surface area contributed by atoms with Crippen LogP contribution in [0.5, 0.6) is 0 Å². The number of pyridine rings is 1. The highest BCUT2D eigenvalue weighted by molar-refractivity contribution is 6.02. The van der Waals surface area contributed by atoms with Crippen molar-refractivity contribution in [3.05, 3.63) is 70.3 Å². The van der Waals surface area contributed by atoms with Crippen molar-refractivity contribution in [2.45, 2.75) is 40.5 Å². The fraction of sp³-hybridized carbons (Fsp3) is 0.292. The third-order valence-corrected chi connectivity index (χ3v) is 4.80. The van der Waals surface area contributed by atoms with Crippen molar-refractivity contribution in [2.24, 2.45) is 0 Å². The topological polar surface area (TPSA) is 122 Å². The van der Waals surface area contributed by atoms with Gasteiger partial charge in [-0.1, -0.05) is 30.3 Å². The third kappa shape index (κ3) is 5.58. The highest BCUT2D eigenvalue weighted by atomic mass is 16.8. The number of esters is 1. The molecule has 0 amide bonds. The van der Waals surface area contributed by atoms with E-state index in [1.54, 1.807) is 56.6 Å². The number of rotatable bonds is 8. The fourth-order valence-electron chi connectivity index (χ4n) is 3.15. The monoisotopic (exact) mass is 466 g/mol. The molecule has 0 spiro atoms. The number of hydrogen-bond acceptors (Lipinski definition) is 9. The van der Waals surface area contributed by atoms with Crippen LogP contribution in [0.15, 0.2) is 53.6 Å². The van der Waals surface area contributed by atoms with Gasteiger partial charge in [0, 0.05) is 25.2 Å². The Hall–Kier alpha value is -4.21. The molecule has 3 aromatic rings. The van der Waals surface area contributed by atoms with Gasteiger partial charge in [0.2, 0.25) is 6.29 Å². The number of aromatic nitrogens is 3. The number of benzene rings is 1. The zero-order valence-corrected chi connectivity index (χ0v) is 19.4. The Morgan fingerprint density at radius 2 is 1.85 bits per heavy atom. The zero-order chi connectivity index (χ0) is 24.7.